The third-order valence-electron chi connectivity index (χ3n) is 12.9. The fourth-order valence-electron chi connectivity index (χ4n) is 8.76. The van der Waals surface area contributed by atoms with Gasteiger partial charge in [0.15, 0.2) is 17.1 Å². The molecule has 2 saturated heterocycles. The summed E-state index contributed by atoms with van der Waals surface area (Å²) in [7, 11) is 1.48. The molecule has 4 amide bonds. The lowest BCUT2D eigenvalue weighted by molar-refractivity contribution is -0.146. The van der Waals surface area contributed by atoms with E-state index in [1.54, 1.807) is 34.0 Å². The van der Waals surface area contributed by atoms with Gasteiger partial charge in [0.1, 0.15) is 30.6 Å². The van der Waals surface area contributed by atoms with Crippen LogP contribution in [0, 0.1) is 18.3 Å². The number of fused-ring (bicyclic) bond motifs is 1. The SMILES string of the molecule is Cc1ncsc1-c1ccc(CNC(=O)[C@@H]2C[C@@H](O)CN2C(=O)[C@@H](CC(=O)COCCOCCOCCOCCOCC(=O)N2CCN(c3ccn4ncc(C(=O)Nc5cn(C)nc5C(F)F)c4n3)CC2)C(C)(C)C)cc1. The molecule has 76 heavy (non-hydrogen) atoms. The van der Waals surface area contributed by atoms with Crippen LogP contribution in [-0.4, -0.2) is 185 Å². The van der Waals surface area contributed by atoms with Crippen LogP contribution in [-0.2, 0) is 56.5 Å². The average molecular weight is 1080 g/mol. The molecule has 2 aliphatic heterocycles. The van der Waals surface area contributed by atoms with Gasteiger partial charge in [-0.3, -0.25) is 28.7 Å². The van der Waals surface area contributed by atoms with Gasteiger partial charge in [-0.1, -0.05) is 45.0 Å². The predicted octanol–water partition coefficient (Wildman–Crippen LogP) is 3.72. The highest BCUT2D eigenvalue weighted by molar-refractivity contribution is 7.13. The zero-order chi connectivity index (χ0) is 54.4. The van der Waals surface area contributed by atoms with Crippen LogP contribution in [0.3, 0.4) is 0 Å². The molecule has 1 aromatic carbocycles. The van der Waals surface area contributed by atoms with Crippen molar-refractivity contribution in [3.63, 3.8) is 0 Å². The number of aryl methyl sites for hydroxylation is 2. The molecular formula is C51H67F2N11O11S. The first kappa shape index (κ1) is 57.4. The van der Waals surface area contributed by atoms with Gasteiger partial charge in [0.2, 0.25) is 17.7 Å². The summed E-state index contributed by atoms with van der Waals surface area (Å²) in [5.41, 5.74) is 3.79. The first-order chi connectivity index (χ1) is 36.5. The minimum atomic E-state index is -2.87. The Morgan fingerprint density at radius 1 is 0.882 bits per heavy atom. The number of alkyl halides is 2. The Kier molecular flexibility index (Phi) is 20.5. The summed E-state index contributed by atoms with van der Waals surface area (Å²) in [6.45, 7) is 11.5. The van der Waals surface area contributed by atoms with E-state index >= 15 is 0 Å². The van der Waals surface area contributed by atoms with Crippen LogP contribution < -0.4 is 15.5 Å². The second-order valence-electron chi connectivity index (χ2n) is 19.5. The summed E-state index contributed by atoms with van der Waals surface area (Å²) >= 11 is 1.57. The number of benzene rings is 1. The summed E-state index contributed by atoms with van der Waals surface area (Å²) in [5.74, 6) is -1.96. The third kappa shape index (κ3) is 15.6. The fraction of sp³-hybridized carbons (Fsp3) is 0.549. The van der Waals surface area contributed by atoms with E-state index in [2.05, 4.69) is 30.8 Å². The number of piperazine rings is 1. The molecule has 5 aromatic rings. The van der Waals surface area contributed by atoms with Gasteiger partial charge >= 0.3 is 0 Å². The summed E-state index contributed by atoms with van der Waals surface area (Å²) in [6.07, 6.45) is 0.563. The number of rotatable bonds is 27. The molecule has 2 aliphatic rings. The van der Waals surface area contributed by atoms with Gasteiger partial charge in [-0.2, -0.15) is 10.2 Å². The molecule has 25 heteroatoms. The van der Waals surface area contributed by atoms with Crippen LogP contribution in [0.2, 0.25) is 0 Å². The summed E-state index contributed by atoms with van der Waals surface area (Å²) in [6, 6.07) is 8.73. The van der Waals surface area contributed by atoms with Crippen LogP contribution >= 0.6 is 11.3 Å². The van der Waals surface area contributed by atoms with Crippen molar-refractivity contribution in [1.29, 1.82) is 0 Å². The summed E-state index contributed by atoms with van der Waals surface area (Å²) in [5, 5.41) is 23.9. The number of amides is 4. The van der Waals surface area contributed by atoms with E-state index in [0.29, 0.717) is 58.4 Å². The van der Waals surface area contributed by atoms with Crippen molar-refractivity contribution < 1.29 is 61.5 Å². The molecule has 7 rings (SSSR count). The normalized spacial score (nSPS) is 16.5. The molecule has 412 valence electrons. The number of aliphatic hydroxyl groups is 1. The number of anilines is 2. The van der Waals surface area contributed by atoms with Crippen LogP contribution in [0.5, 0.6) is 0 Å². The highest BCUT2D eigenvalue weighted by Gasteiger charge is 2.44. The van der Waals surface area contributed by atoms with Crippen molar-refractivity contribution in [2.45, 2.75) is 65.7 Å². The molecule has 0 spiro atoms. The number of nitrogens with one attached hydrogen (secondary N) is 2. The highest BCUT2D eigenvalue weighted by Crippen LogP contribution is 2.34. The van der Waals surface area contributed by atoms with E-state index in [1.165, 1.54) is 33.5 Å². The lowest BCUT2D eigenvalue weighted by Gasteiger charge is -2.35. The monoisotopic (exact) mass is 1080 g/mol. The number of carbonyl (C=O) groups excluding carboxylic acids is 5. The second kappa shape index (κ2) is 27.1. The molecule has 2 fully saturated rings. The number of aromatic nitrogens is 6. The van der Waals surface area contributed by atoms with E-state index < -0.39 is 41.5 Å². The van der Waals surface area contributed by atoms with Gasteiger partial charge in [0.05, 0.1) is 86.9 Å². The van der Waals surface area contributed by atoms with Gasteiger partial charge in [-0.15, -0.1) is 11.3 Å². The molecule has 0 saturated carbocycles. The number of nitrogens with zero attached hydrogens (tertiary/aromatic N) is 9. The largest absolute Gasteiger partial charge is 0.391 e. The van der Waals surface area contributed by atoms with Crippen molar-refractivity contribution in [3.05, 3.63) is 76.9 Å². The van der Waals surface area contributed by atoms with Gasteiger partial charge in [-0.05, 0) is 29.5 Å². The molecule has 0 unspecified atom stereocenters. The minimum Gasteiger partial charge on any atom is -0.391 e. The van der Waals surface area contributed by atoms with E-state index in [4.69, 9.17) is 23.7 Å². The highest BCUT2D eigenvalue weighted by atomic mass is 32.1. The number of β-amino-alcohol motifs (C(OH)–C–C–N with tert-alkyl or cyclic N) is 1. The van der Waals surface area contributed by atoms with Gasteiger partial charge in [0.25, 0.3) is 12.3 Å². The first-order valence-corrected chi connectivity index (χ1v) is 26.0. The predicted molar refractivity (Wildman–Crippen MR) is 275 cm³/mol. The van der Waals surface area contributed by atoms with E-state index in [-0.39, 0.29) is 106 Å². The number of hydrogen-bond acceptors (Lipinski definition) is 17. The number of carbonyl (C=O) groups is 5. The summed E-state index contributed by atoms with van der Waals surface area (Å²) < 4.78 is 57.2. The molecule has 0 radical (unpaired) electrons. The van der Waals surface area contributed by atoms with Crippen LogP contribution in [0.25, 0.3) is 16.1 Å². The Hall–Kier alpha value is -6.35. The van der Waals surface area contributed by atoms with Crippen molar-refractivity contribution in [2.24, 2.45) is 18.4 Å². The number of aliphatic hydroxyl groups excluding tert-OH is 1. The maximum Gasteiger partial charge on any atom is 0.284 e. The fourth-order valence-corrected chi connectivity index (χ4v) is 9.58. The number of ether oxygens (including phenoxy) is 5. The van der Waals surface area contributed by atoms with Crippen molar-refractivity contribution in [2.75, 3.05) is 109 Å². The van der Waals surface area contributed by atoms with Crippen LogP contribution in [0.4, 0.5) is 20.3 Å². The number of hydrogen-bond donors (Lipinski definition) is 3. The third-order valence-corrected chi connectivity index (χ3v) is 13.9. The Balaban J connectivity index is 0.698. The lowest BCUT2D eigenvalue weighted by Crippen LogP contribution is -2.50. The quantitative estimate of drug-likeness (QED) is 0.0635. The lowest BCUT2D eigenvalue weighted by atomic mass is 9.77. The molecule has 0 bridgehead atoms. The Bertz CT molecular complexity index is 2740. The number of halogens is 2. The Morgan fingerprint density at radius 3 is 2.14 bits per heavy atom. The summed E-state index contributed by atoms with van der Waals surface area (Å²) in [4.78, 5) is 81.5. The van der Waals surface area contributed by atoms with Gasteiger partial charge < -0.3 is 54.1 Å². The van der Waals surface area contributed by atoms with E-state index in [1.807, 2.05) is 56.9 Å². The van der Waals surface area contributed by atoms with E-state index in [0.717, 1.165) is 21.7 Å². The number of ketones is 1. The average Bonchev–Trinajstić information content (AvgIpc) is 4.21. The number of likely N-dealkylation sites (tertiary alicyclic amines) is 1. The molecule has 6 heterocycles. The maximum atomic E-state index is 14.0. The van der Waals surface area contributed by atoms with E-state index in [9.17, 15) is 37.9 Å². The van der Waals surface area contributed by atoms with Crippen molar-refractivity contribution in [3.8, 4) is 10.4 Å². The Labute approximate surface area is 443 Å². The molecule has 4 aromatic heterocycles. The molecule has 0 aliphatic carbocycles. The zero-order valence-corrected chi connectivity index (χ0v) is 44.3. The van der Waals surface area contributed by atoms with Gasteiger partial charge in [-0.25, -0.2) is 23.3 Å². The first-order valence-electron chi connectivity index (χ1n) is 25.1. The van der Waals surface area contributed by atoms with Crippen molar-refractivity contribution >= 4 is 57.9 Å². The second-order valence-corrected chi connectivity index (χ2v) is 20.4. The minimum absolute atomic E-state index is 0.00381. The molecule has 3 N–H and O–H groups in total. The smallest absolute Gasteiger partial charge is 0.284 e. The zero-order valence-electron chi connectivity index (χ0n) is 43.5. The van der Waals surface area contributed by atoms with Gasteiger partial charge in [0, 0.05) is 77.5 Å². The Morgan fingerprint density at radius 2 is 1.53 bits per heavy atom. The molecular weight excluding hydrogens is 1010 g/mol. The maximum absolute atomic E-state index is 14.0. The standard InChI is InChI=1S/C51H67F2N11O11S/c1-33-45(76-32-55-33)35-8-6-34(7-9-35)26-54-49(69)41-25-36(65)28-63(41)50(70)39(51(2,3)4)24-37(66)30-74-22-20-72-18-16-71-17-19-73-21-23-75-31-43(67)62-14-12-61(13-15-62)42-10-11-64-47(58-42)38(27-56-64)48(68)57-40-29-60(5)59-44(40)46(52)53/h6-11,27,29,32,36,39,41,46,65H,12-26,28,30-31H2,1-5H3,(H,54,69)(H,57,68)/t36-,39-,41+/m1/s1. The number of Topliss-reactive ketones (excluding diaryl/α,β-unsaturated/α-hetero) is 1. The number of thiazole rings is 1. The molecule has 22 nitrogen and oxygen atoms in total. The molecule has 3 atom stereocenters. The topological polar surface area (TPSA) is 246 Å². The van der Waals surface area contributed by atoms with Crippen LogP contribution in [0.1, 0.15) is 67.3 Å². The van der Waals surface area contributed by atoms with Crippen LogP contribution in [0.15, 0.2) is 54.4 Å². The van der Waals surface area contributed by atoms with Crippen molar-refractivity contribution in [1.82, 2.24) is 44.5 Å².